The summed E-state index contributed by atoms with van der Waals surface area (Å²) >= 11 is 0. The second-order valence-electron chi connectivity index (χ2n) is 3.19. The van der Waals surface area contributed by atoms with Crippen LogP contribution in [0.3, 0.4) is 0 Å². The zero-order valence-corrected chi connectivity index (χ0v) is 7.16. The molecule has 1 heterocycles. The molecule has 1 aliphatic heterocycles. The van der Waals surface area contributed by atoms with Gasteiger partial charge in [-0.25, -0.2) is 0 Å². The number of aliphatic hydroxyl groups excluding tert-OH is 1. The predicted molar refractivity (Wildman–Crippen MR) is 43.8 cm³/mol. The first kappa shape index (κ1) is 9.48. The van der Waals surface area contributed by atoms with Gasteiger partial charge in [0.1, 0.15) is 0 Å². The second kappa shape index (κ2) is 3.87. The summed E-state index contributed by atoms with van der Waals surface area (Å²) in [5, 5.41) is 21.3. The molecule has 0 spiro atoms. The van der Waals surface area contributed by atoms with E-state index in [0.717, 1.165) is 6.42 Å². The number of aliphatic carboxylic acids is 1. The fraction of sp³-hybridized carbons (Fsp3) is 0.875. The molecule has 1 aliphatic rings. The van der Waals surface area contributed by atoms with Gasteiger partial charge >= 0.3 is 5.97 Å². The Morgan fingerprint density at radius 2 is 2.33 bits per heavy atom. The minimum atomic E-state index is -0.901. The fourth-order valence-corrected chi connectivity index (χ4v) is 1.73. The highest BCUT2D eigenvalue weighted by Gasteiger charge is 2.36. The smallest absolute Gasteiger partial charge is 0.310 e. The number of rotatable bonds is 2. The van der Waals surface area contributed by atoms with E-state index >= 15 is 0 Å². The molecule has 4 nitrogen and oxygen atoms in total. The lowest BCUT2D eigenvalue weighted by Gasteiger charge is -2.32. The highest BCUT2D eigenvalue weighted by Crippen LogP contribution is 2.19. The molecule has 1 fully saturated rings. The van der Waals surface area contributed by atoms with Crippen molar-refractivity contribution in [3.05, 3.63) is 0 Å². The van der Waals surface area contributed by atoms with Gasteiger partial charge in [-0.05, 0) is 19.4 Å². The Morgan fingerprint density at radius 3 is 2.75 bits per heavy atom. The molecule has 0 aromatic rings. The van der Waals surface area contributed by atoms with Gasteiger partial charge < -0.3 is 15.5 Å². The molecule has 1 saturated heterocycles. The molecule has 0 aliphatic carbocycles. The maximum atomic E-state index is 10.7. The van der Waals surface area contributed by atoms with Crippen LogP contribution in [0.25, 0.3) is 0 Å². The Labute approximate surface area is 71.6 Å². The van der Waals surface area contributed by atoms with E-state index in [4.69, 9.17) is 5.11 Å². The molecule has 0 aromatic carbocycles. The van der Waals surface area contributed by atoms with Crippen LogP contribution in [-0.4, -0.2) is 34.9 Å². The summed E-state index contributed by atoms with van der Waals surface area (Å²) in [7, 11) is 0. The fourth-order valence-electron chi connectivity index (χ4n) is 1.73. The van der Waals surface area contributed by atoms with E-state index in [0.29, 0.717) is 13.0 Å². The Kier molecular flexibility index (Phi) is 3.05. The van der Waals surface area contributed by atoms with Gasteiger partial charge in [0, 0.05) is 6.04 Å². The monoisotopic (exact) mass is 173 g/mol. The van der Waals surface area contributed by atoms with Crippen LogP contribution >= 0.6 is 0 Å². The van der Waals surface area contributed by atoms with Crippen molar-refractivity contribution in [3.63, 3.8) is 0 Å². The van der Waals surface area contributed by atoms with Crippen molar-refractivity contribution in [2.24, 2.45) is 5.92 Å². The summed E-state index contributed by atoms with van der Waals surface area (Å²) in [5.74, 6) is -1.54. The topological polar surface area (TPSA) is 69.6 Å². The molecular formula is C8H15NO3. The summed E-state index contributed by atoms with van der Waals surface area (Å²) < 4.78 is 0. The van der Waals surface area contributed by atoms with Crippen molar-refractivity contribution in [2.75, 3.05) is 6.54 Å². The molecule has 3 unspecified atom stereocenters. The number of hydrogen-bond acceptors (Lipinski definition) is 3. The number of carboxylic acids is 1. The van der Waals surface area contributed by atoms with Gasteiger partial charge in [0.2, 0.25) is 0 Å². The third-order valence-corrected chi connectivity index (χ3v) is 2.42. The summed E-state index contributed by atoms with van der Waals surface area (Å²) in [4.78, 5) is 10.7. The van der Waals surface area contributed by atoms with Crippen molar-refractivity contribution in [1.29, 1.82) is 0 Å². The van der Waals surface area contributed by atoms with Crippen LogP contribution in [0.4, 0.5) is 0 Å². The summed E-state index contributed by atoms with van der Waals surface area (Å²) in [5.41, 5.74) is 0. The largest absolute Gasteiger partial charge is 0.481 e. The normalized spacial score (nSPS) is 36.3. The Hall–Kier alpha value is -0.610. The average Bonchev–Trinajstić information content (AvgIpc) is 2.03. The minimum absolute atomic E-state index is 0.0775. The van der Waals surface area contributed by atoms with E-state index in [1.54, 1.807) is 0 Å². The third kappa shape index (κ3) is 1.76. The van der Waals surface area contributed by atoms with Crippen LogP contribution in [0.1, 0.15) is 19.8 Å². The van der Waals surface area contributed by atoms with Gasteiger partial charge in [0.25, 0.3) is 0 Å². The molecule has 12 heavy (non-hydrogen) atoms. The average molecular weight is 173 g/mol. The van der Waals surface area contributed by atoms with E-state index in [-0.39, 0.29) is 6.04 Å². The first-order valence-corrected chi connectivity index (χ1v) is 4.31. The highest BCUT2D eigenvalue weighted by molar-refractivity contribution is 5.71. The van der Waals surface area contributed by atoms with Crippen molar-refractivity contribution < 1.29 is 15.0 Å². The Morgan fingerprint density at radius 1 is 1.67 bits per heavy atom. The van der Waals surface area contributed by atoms with E-state index in [1.807, 2.05) is 6.92 Å². The summed E-state index contributed by atoms with van der Waals surface area (Å²) in [6.07, 6.45) is 0.593. The van der Waals surface area contributed by atoms with Gasteiger partial charge in [-0.1, -0.05) is 6.92 Å². The zero-order chi connectivity index (χ0) is 9.14. The molecule has 0 radical (unpaired) electrons. The van der Waals surface area contributed by atoms with Gasteiger partial charge in [0.15, 0.2) is 0 Å². The quantitative estimate of drug-likeness (QED) is 0.542. The standard InChI is InChI=1S/C8H15NO3/c1-2-5-7(8(11)12)6(10)3-4-9-5/h5-7,9-10H,2-4H2,1H3,(H,11,12). The minimum Gasteiger partial charge on any atom is -0.481 e. The van der Waals surface area contributed by atoms with Crippen LogP contribution < -0.4 is 5.32 Å². The molecule has 3 atom stereocenters. The summed E-state index contributed by atoms with van der Waals surface area (Å²) in [6.45, 7) is 2.63. The van der Waals surface area contributed by atoms with Crippen LogP contribution in [0, 0.1) is 5.92 Å². The van der Waals surface area contributed by atoms with Crippen LogP contribution in [0.15, 0.2) is 0 Å². The van der Waals surface area contributed by atoms with Crippen LogP contribution in [-0.2, 0) is 4.79 Å². The van der Waals surface area contributed by atoms with Crippen LogP contribution in [0.2, 0.25) is 0 Å². The lowest BCUT2D eigenvalue weighted by Crippen LogP contribution is -2.51. The van der Waals surface area contributed by atoms with Gasteiger partial charge in [-0.15, -0.1) is 0 Å². The van der Waals surface area contributed by atoms with Crippen molar-refractivity contribution in [1.82, 2.24) is 5.32 Å². The number of piperidine rings is 1. The van der Waals surface area contributed by atoms with Crippen molar-refractivity contribution >= 4 is 5.97 Å². The molecule has 0 bridgehead atoms. The molecular weight excluding hydrogens is 158 g/mol. The van der Waals surface area contributed by atoms with Crippen LogP contribution in [0.5, 0.6) is 0 Å². The predicted octanol–water partition coefficient (Wildman–Crippen LogP) is -0.180. The second-order valence-corrected chi connectivity index (χ2v) is 3.19. The molecule has 70 valence electrons. The Balaban J connectivity index is 2.66. The highest BCUT2D eigenvalue weighted by atomic mass is 16.4. The van der Waals surface area contributed by atoms with Crippen molar-refractivity contribution in [2.45, 2.75) is 31.9 Å². The van der Waals surface area contributed by atoms with E-state index in [9.17, 15) is 9.90 Å². The Bertz CT molecular complexity index is 172. The van der Waals surface area contributed by atoms with E-state index in [2.05, 4.69) is 5.32 Å². The molecule has 0 saturated carbocycles. The number of hydrogen-bond donors (Lipinski definition) is 3. The first-order chi connectivity index (χ1) is 5.66. The van der Waals surface area contributed by atoms with Gasteiger partial charge in [-0.2, -0.15) is 0 Å². The van der Waals surface area contributed by atoms with E-state index < -0.39 is 18.0 Å². The molecule has 1 rings (SSSR count). The lowest BCUT2D eigenvalue weighted by atomic mass is 9.87. The van der Waals surface area contributed by atoms with E-state index in [1.165, 1.54) is 0 Å². The first-order valence-electron chi connectivity index (χ1n) is 4.31. The number of nitrogens with one attached hydrogen (secondary N) is 1. The maximum Gasteiger partial charge on any atom is 0.310 e. The summed E-state index contributed by atoms with van der Waals surface area (Å²) in [6, 6.07) is -0.0775. The zero-order valence-electron chi connectivity index (χ0n) is 7.16. The maximum absolute atomic E-state index is 10.7. The molecule has 4 heteroatoms. The number of aliphatic hydroxyl groups is 1. The third-order valence-electron chi connectivity index (χ3n) is 2.42. The lowest BCUT2D eigenvalue weighted by molar-refractivity contribution is -0.148. The molecule has 0 amide bonds. The SMILES string of the molecule is CCC1NCCC(O)C1C(=O)O. The van der Waals surface area contributed by atoms with Gasteiger partial charge in [-0.3, -0.25) is 4.79 Å². The number of carboxylic acid groups (broad SMARTS) is 1. The number of carbonyl (C=O) groups is 1. The van der Waals surface area contributed by atoms with Crippen molar-refractivity contribution in [3.8, 4) is 0 Å². The van der Waals surface area contributed by atoms with Gasteiger partial charge in [0.05, 0.1) is 12.0 Å². The molecule has 0 aromatic heterocycles. The molecule has 3 N–H and O–H groups in total.